The van der Waals surface area contributed by atoms with Gasteiger partial charge in [-0.25, -0.2) is 19.2 Å². The molecule has 2 aromatic carbocycles. The van der Waals surface area contributed by atoms with Crippen molar-refractivity contribution < 1.29 is 27.8 Å². The number of nitrogens with one attached hydrogen (secondary N) is 1. The summed E-state index contributed by atoms with van der Waals surface area (Å²) in [7, 11) is 1.73. The van der Waals surface area contributed by atoms with Crippen molar-refractivity contribution in [3.8, 4) is 5.75 Å². The lowest BCUT2D eigenvalue weighted by molar-refractivity contribution is -0.0489. The molecule has 0 atom stereocenters. The number of halogens is 4. The van der Waals surface area contributed by atoms with Gasteiger partial charge in [-0.05, 0) is 67.7 Å². The molecular weight excluding hydrogens is 547 g/mol. The van der Waals surface area contributed by atoms with Crippen LogP contribution < -0.4 is 10.1 Å². The van der Waals surface area contributed by atoms with E-state index in [1.807, 2.05) is 12.1 Å². The van der Waals surface area contributed by atoms with E-state index >= 15 is 0 Å². The summed E-state index contributed by atoms with van der Waals surface area (Å²) in [4.78, 5) is 22.8. The van der Waals surface area contributed by atoms with Crippen LogP contribution in [-0.4, -0.2) is 50.2 Å². The molecule has 12 heteroatoms. The normalized spacial score (nSPS) is 14.7. The number of carboxylic acid groups (broad SMARTS) is 1. The van der Waals surface area contributed by atoms with Crippen LogP contribution >= 0.6 is 11.6 Å². The first-order valence-corrected chi connectivity index (χ1v) is 13.1. The molecule has 5 rings (SSSR count). The van der Waals surface area contributed by atoms with Gasteiger partial charge in [-0.1, -0.05) is 23.7 Å². The minimum atomic E-state index is -3.10. The molecule has 1 aliphatic rings. The molecule has 1 fully saturated rings. The summed E-state index contributed by atoms with van der Waals surface area (Å²) < 4.78 is 46.5. The van der Waals surface area contributed by atoms with Crippen LogP contribution in [0, 0.1) is 5.82 Å². The predicted octanol–water partition coefficient (Wildman–Crippen LogP) is 6.05. The van der Waals surface area contributed by atoms with Crippen molar-refractivity contribution >= 4 is 34.4 Å². The van der Waals surface area contributed by atoms with Crippen LogP contribution in [0.1, 0.15) is 46.1 Å². The molecule has 0 spiro atoms. The van der Waals surface area contributed by atoms with Gasteiger partial charge in [-0.3, -0.25) is 4.90 Å². The fraction of sp³-hybridized carbons (Fsp3) is 0.321. The number of piperidine rings is 1. The molecule has 0 radical (unpaired) electrons. The molecule has 8 nitrogen and oxygen atoms in total. The van der Waals surface area contributed by atoms with Gasteiger partial charge in [0.25, 0.3) is 0 Å². The Morgan fingerprint density at radius 3 is 2.70 bits per heavy atom. The Bertz CT molecular complexity index is 1540. The number of aryl methyl sites for hydroxylation is 1. The Labute approximate surface area is 233 Å². The van der Waals surface area contributed by atoms with E-state index < -0.39 is 12.6 Å². The van der Waals surface area contributed by atoms with Crippen LogP contribution in [0.5, 0.6) is 5.75 Å². The van der Waals surface area contributed by atoms with E-state index in [9.17, 15) is 23.1 Å². The highest BCUT2D eigenvalue weighted by Gasteiger charge is 2.25. The molecule has 3 heterocycles. The smallest absolute Gasteiger partial charge is 0.387 e. The highest BCUT2D eigenvalue weighted by atomic mass is 35.5. The number of hydrogen-bond donors (Lipinski definition) is 2. The summed E-state index contributed by atoms with van der Waals surface area (Å²) in [5.41, 5.74) is 2.01. The number of rotatable bonds is 9. The molecule has 2 aromatic heterocycles. The monoisotopic (exact) mass is 573 g/mol. The lowest BCUT2D eigenvalue weighted by atomic mass is 9.89. The summed E-state index contributed by atoms with van der Waals surface area (Å²) in [5.74, 6) is -0.309. The van der Waals surface area contributed by atoms with Crippen molar-refractivity contribution in [2.24, 2.45) is 7.05 Å². The third-order valence-electron chi connectivity index (χ3n) is 7.20. The van der Waals surface area contributed by atoms with Crippen LogP contribution in [0.25, 0.3) is 11.0 Å². The van der Waals surface area contributed by atoms with E-state index in [-0.39, 0.29) is 35.1 Å². The number of nitrogens with zero attached hydrogens (tertiary/aromatic N) is 4. The van der Waals surface area contributed by atoms with Gasteiger partial charge in [0.1, 0.15) is 23.0 Å². The van der Waals surface area contributed by atoms with Gasteiger partial charge in [0, 0.05) is 30.4 Å². The summed E-state index contributed by atoms with van der Waals surface area (Å²) in [6.45, 7) is -0.848. The molecule has 1 aliphatic heterocycles. The van der Waals surface area contributed by atoms with E-state index in [2.05, 4.69) is 24.9 Å². The van der Waals surface area contributed by atoms with Crippen LogP contribution in [-0.2, 0) is 20.1 Å². The minimum Gasteiger partial charge on any atom is -0.478 e. The number of aromatic carboxylic acids is 1. The zero-order valence-corrected chi connectivity index (χ0v) is 22.3. The van der Waals surface area contributed by atoms with Crippen molar-refractivity contribution in [3.63, 3.8) is 0 Å². The second-order valence-electron chi connectivity index (χ2n) is 9.69. The molecule has 1 saturated heterocycles. The van der Waals surface area contributed by atoms with E-state index in [0.717, 1.165) is 37.6 Å². The van der Waals surface area contributed by atoms with Crippen molar-refractivity contribution in [1.82, 2.24) is 19.4 Å². The van der Waals surface area contributed by atoms with E-state index in [4.69, 9.17) is 11.6 Å². The topological polar surface area (TPSA) is 92.5 Å². The van der Waals surface area contributed by atoms with Crippen LogP contribution in [0.2, 0.25) is 5.02 Å². The number of carbonyl (C=O) groups is 1. The maximum atomic E-state index is 14.2. The highest BCUT2D eigenvalue weighted by Crippen LogP contribution is 2.34. The quantitative estimate of drug-likeness (QED) is 0.252. The molecule has 0 bridgehead atoms. The summed E-state index contributed by atoms with van der Waals surface area (Å²) in [6.07, 6.45) is 3.40. The second kappa shape index (κ2) is 11.7. The Kier molecular flexibility index (Phi) is 8.13. The first-order chi connectivity index (χ1) is 19.2. The lowest BCUT2D eigenvalue weighted by Gasteiger charge is -2.32. The maximum absolute atomic E-state index is 14.2. The zero-order chi connectivity index (χ0) is 28.4. The van der Waals surface area contributed by atoms with Crippen LogP contribution in [0.4, 0.5) is 19.0 Å². The van der Waals surface area contributed by atoms with Gasteiger partial charge in [-0.2, -0.15) is 8.78 Å². The lowest BCUT2D eigenvalue weighted by Crippen LogP contribution is -2.33. The molecule has 0 aliphatic carbocycles. The number of hydrogen-bond acceptors (Lipinski definition) is 6. The molecule has 0 saturated carbocycles. The molecular formula is C28H27ClF3N5O3. The maximum Gasteiger partial charge on any atom is 0.387 e. The molecule has 0 unspecified atom stereocenters. The van der Waals surface area contributed by atoms with Crippen molar-refractivity contribution in [2.45, 2.75) is 38.5 Å². The minimum absolute atomic E-state index is 0.154. The molecule has 210 valence electrons. The number of pyridine rings is 1. The van der Waals surface area contributed by atoms with Crippen molar-refractivity contribution in [3.05, 3.63) is 82.0 Å². The standard InChI is InChI=1S/C28H27ClF3N5O3/c1-36-22-11-18(27(38)39)12-23(40-28(31)32)25(22)35-24(36)15-37-9-6-16(7-10-37)20-3-2-8-33-26(20)34-14-17-4-5-19(29)13-21(17)30/h2-5,8,11-13,16,28H,6-7,9-10,14-15H2,1H3,(H,33,34)(H,38,39). The number of benzene rings is 2. The number of fused-ring (bicyclic) bond motifs is 1. The largest absolute Gasteiger partial charge is 0.478 e. The predicted molar refractivity (Wildman–Crippen MR) is 145 cm³/mol. The number of ether oxygens (including phenoxy) is 1. The average Bonchev–Trinajstić information content (AvgIpc) is 3.24. The molecule has 2 N–H and O–H groups in total. The third-order valence-corrected chi connectivity index (χ3v) is 7.44. The van der Waals surface area contributed by atoms with Gasteiger partial charge in [-0.15, -0.1) is 0 Å². The van der Waals surface area contributed by atoms with Gasteiger partial charge < -0.3 is 19.7 Å². The number of likely N-dealkylation sites (tertiary alicyclic amines) is 1. The molecule has 40 heavy (non-hydrogen) atoms. The first-order valence-electron chi connectivity index (χ1n) is 12.7. The van der Waals surface area contributed by atoms with Gasteiger partial charge in [0.2, 0.25) is 0 Å². The number of carboxylic acids is 1. The number of alkyl halides is 2. The summed E-state index contributed by atoms with van der Waals surface area (Å²) in [6, 6.07) is 11.0. The second-order valence-corrected chi connectivity index (χ2v) is 10.1. The van der Waals surface area contributed by atoms with Gasteiger partial charge in [0.05, 0.1) is 17.6 Å². The number of imidazole rings is 1. The Morgan fingerprint density at radius 1 is 1.23 bits per heavy atom. The molecule has 0 amide bonds. The van der Waals surface area contributed by atoms with Crippen molar-refractivity contribution in [1.29, 1.82) is 0 Å². The van der Waals surface area contributed by atoms with Crippen LogP contribution in [0.3, 0.4) is 0 Å². The Balaban J connectivity index is 1.27. The first kappa shape index (κ1) is 27.7. The van der Waals surface area contributed by atoms with Gasteiger partial charge >= 0.3 is 12.6 Å². The SMILES string of the molecule is Cn1c(CN2CCC(c3cccnc3NCc3ccc(Cl)cc3F)CC2)nc2c(OC(F)F)cc(C(=O)O)cc21. The summed E-state index contributed by atoms with van der Waals surface area (Å²) >= 11 is 5.86. The molecule has 4 aromatic rings. The van der Waals surface area contributed by atoms with Crippen molar-refractivity contribution in [2.75, 3.05) is 18.4 Å². The highest BCUT2D eigenvalue weighted by molar-refractivity contribution is 6.30. The number of anilines is 1. The van der Waals surface area contributed by atoms with Crippen LogP contribution in [0.15, 0.2) is 48.7 Å². The van der Waals surface area contributed by atoms with E-state index in [1.165, 1.54) is 12.1 Å². The Hall–Kier alpha value is -3.83. The van der Waals surface area contributed by atoms with E-state index in [1.54, 1.807) is 29.9 Å². The Morgan fingerprint density at radius 2 is 2.00 bits per heavy atom. The fourth-order valence-corrected chi connectivity index (χ4v) is 5.25. The third kappa shape index (κ3) is 6.00. The van der Waals surface area contributed by atoms with Gasteiger partial charge in [0.15, 0.2) is 5.75 Å². The average molecular weight is 574 g/mol. The zero-order valence-electron chi connectivity index (χ0n) is 21.6. The van der Waals surface area contributed by atoms with E-state index in [0.29, 0.717) is 34.3 Å². The number of aromatic nitrogens is 3. The fourth-order valence-electron chi connectivity index (χ4n) is 5.10. The summed E-state index contributed by atoms with van der Waals surface area (Å²) in [5, 5.41) is 13.0.